The first-order valence-electron chi connectivity index (χ1n) is 5.09. The third-order valence-corrected chi connectivity index (χ3v) is 1.96. The molecule has 3 nitrogen and oxygen atoms in total. The number of carbonyl (C=O) groups is 1. The largest absolute Gasteiger partial charge is 0.465 e. The maximum atomic E-state index is 11.1. The molecule has 1 N–H and O–H groups in total. The SMILES string of the molecule is CCOC(=O)CNc1cc(C)cc(C)c1. The van der Waals surface area contributed by atoms with E-state index in [0.717, 1.165) is 5.69 Å². The fourth-order valence-corrected chi connectivity index (χ4v) is 1.46. The molecule has 82 valence electrons. The molecule has 3 heteroatoms. The lowest BCUT2D eigenvalue weighted by molar-refractivity contribution is -0.140. The van der Waals surface area contributed by atoms with Crippen molar-refractivity contribution in [3.05, 3.63) is 29.3 Å². The average Bonchev–Trinajstić information content (AvgIpc) is 2.14. The van der Waals surface area contributed by atoms with Crippen molar-refractivity contribution in [2.75, 3.05) is 18.5 Å². The van der Waals surface area contributed by atoms with Gasteiger partial charge >= 0.3 is 5.97 Å². The Bertz CT molecular complexity index is 327. The molecule has 0 aliphatic carbocycles. The van der Waals surface area contributed by atoms with E-state index in [1.165, 1.54) is 11.1 Å². The highest BCUT2D eigenvalue weighted by atomic mass is 16.5. The fourth-order valence-electron chi connectivity index (χ4n) is 1.46. The van der Waals surface area contributed by atoms with Crippen molar-refractivity contribution in [1.82, 2.24) is 0 Å². The predicted molar refractivity (Wildman–Crippen MR) is 61.0 cm³/mol. The maximum absolute atomic E-state index is 11.1. The third kappa shape index (κ3) is 4.02. The Hall–Kier alpha value is -1.51. The minimum Gasteiger partial charge on any atom is -0.465 e. The number of benzene rings is 1. The van der Waals surface area contributed by atoms with E-state index < -0.39 is 0 Å². The van der Waals surface area contributed by atoms with E-state index in [-0.39, 0.29) is 12.5 Å². The summed E-state index contributed by atoms with van der Waals surface area (Å²) < 4.78 is 4.82. The zero-order valence-electron chi connectivity index (χ0n) is 9.46. The van der Waals surface area contributed by atoms with Crippen molar-refractivity contribution in [2.24, 2.45) is 0 Å². The van der Waals surface area contributed by atoms with Gasteiger partial charge in [-0.1, -0.05) is 6.07 Å². The Kier molecular flexibility index (Phi) is 4.16. The Balaban J connectivity index is 2.54. The zero-order valence-corrected chi connectivity index (χ0v) is 9.46. The molecule has 0 saturated carbocycles. The van der Waals surface area contributed by atoms with E-state index in [2.05, 4.69) is 11.4 Å². The summed E-state index contributed by atoms with van der Waals surface area (Å²) in [6.07, 6.45) is 0. The number of anilines is 1. The minimum absolute atomic E-state index is 0.219. The lowest BCUT2D eigenvalue weighted by atomic mass is 10.1. The zero-order chi connectivity index (χ0) is 11.3. The summed E-state index contributed by atoms with van der Waals surface area (Å²) in [5, 5.41) is 3.04. The Morgan fingerprint density at radius 3 is 2.40 bits per heavy atom. The van der Waals surface area contributed by atoms with Crippen molar-refractivity contribution in [2.45, 2.75) is 20.8 Å². The van der Waals surface area contributed by atoms with E-state index in [9.17, 15) is 4.79 Å². The van der Waals surface area contributed by atoms with Crippen LogP contribution in [-0.4, -0.2) is 19.1 Å². The van der Waals surface area contributed by atoms with Gasteiger partial charge in [0.25, 0.3) is 0 Å². The first-order valence-corrected chi connectivity index (χ1v) is 5.09. The lowest BCUT2D eigenvalue weighted by Gasteiger charge is -2.07. The van der Waals surface area contributed by atoms with Gasteiger partial charge in [-0.2, -0.15) is 0 Å². The van der Waals surface area contributed by atoms with Crippen LogP contribution >= 0.6 is 0 Å². The first kappa shape index (κ1) is 11.6. The van der Waals surface area contributed by atoms with E-state index in [0.29, 0.717) is 6.61 Å². The summed E-state index contributed by atoms with van der Waals surface area (Å²) >= 11 is 0. The summed E-state index contributed by atoms with van der Waals surface area (Å²) in [6, 6.07) is 6.11. The average molecular weight is 207 g/mol. The number of ether oxygens (including phenoxy) is 1. The smallest absolute Gasteiger partial charge is 0.325 e. The van der Waals surface area contributed by atoms with Crippen molar-refractivity contribution in [3.63, 3.8) is 0 Å². The summed E-state index contributed by atoms with van der Waals surface area (Å²) in [5.74, 6) is -0.225. The molecule has 1 rings (SSSR count). The van der Waals surface area contributed by atoms with Crippen molar-refractivity contribution in [3.8, 4) is 0 Å². The Morgan fingerprint density at radius 2 is 1.87 bits per heavy atom. The second-order valence-electron chi connectivity index (χ2n) is 3.53. The molecule has 0 aliphatic heterocycles. The maximum Gasteiger partial charge on any atom is 0.325 e. The van der Waals surface area contributed by atoms with Crippen LogP contribution in [0, 0.1) is 13.8 Å². The molecule has 0 unspecified atom stereocenters. The molecule has 0 radical (unpaired) electrons. The van der Waals surface area contributed by atoms with Crippen LogP contribution in [0.15, 0.2) is 18.2 Å². The van der Waals surface area contributed by atoms with Crippen LogP contribution in [0.3, 0.4) is 0 Å². The van der Waals surface area contributed by atoms with Gasteiger partial charge in [0.05, 0.1) is 6.61 Å². The topological polar surface area (TPSA) is 38.3 Å². The van der Waals surface area contributed by atoms with Gasteiger partial charge < -0.3 is 10.1 Å². The normalized spacial score (nSPS) is 9.80. The van der Waals surface area contributed by atoms with Crippen LogP contribution in [0.5, 0.6) is 0 Å². The monoisotopic (exact) mass is 207 g/mol. The summed E-state index contributed by atoms with van der Waals surface area (Å²) in [5.41, 5.74) is 3.32. The molecule has 0 amide bonds. The van der Waals surface area contributed by atoms with Gasteiger partial charge in [0.15, 0.2) is 0 Å². The number of aryl methyl sites for hydroxylation is 2. The van der Waals surface area contributed by atoms with E-state index in [1.54, 1.807) is 6.92 Å². The highest BCUT2D eigenvalue weighted by Crippen LogP contribution is 2.13. The van der Waals surface area contributed by atoms with Crippen LogP contribution in [0.2, 0.25) is 0 Å². The molecular weight excluding hydrogens is 190 g/mol. The summed E-state index contributed by atoms with van der Waals surface area (Å²) in [7, 11) is 0. The van der Waals surface area contributed by atoms with Crippen LogP contribution in [0.4, 0.5) is 5.69 Å². The fraction of sp³-hybridized carbons (Fsp3) is 0.417. The van der Waals surface area contributed by atoms with Crippen LogP contribution < -0.4 is 5.32 Å². The quantitative estimate of drug-likeness (QED) is 0.770. The van der Waals surface area contributed by atoms with E-state index in [1.807, 2.05) is 26.0 Å². The molecule has 15 heavy (non-hydrogen) atoms. The van der Waals surface area contributed by atoms with Gasteiger partial charge in [-0.15, -0.1) is 0 Å². The first-order chi connectivity index (χ1) is 7.11. The molecule has 0 aromatic heterocycles. The van der Waals surface area contributed by atoms with Gasteiger partial charge in [-0.25, -0.2) is 0 Å². The Labute approximate surface area is 90.4 Å². The predicted octanol–water partition coefficient (Wildman–Crippen LogP) is 2.28. The van der Waals surface area contributed by atoms with Gasteiger partial charge in [0.1, 0.15) is 6.54 Å². The van der Waals surface area contributed by atoms with Gasteiger partial charge in [-0.05, 0) is 44.0 Å². The molecular formula is C12H17NO2. The number of rotatable bonds is 4. The molecule has 0 saturated heterocycles. The molecule has 0 heterocycles. The van der Waals surface area contributed by atoms with Crippen molar-refractivity contribution >= 4 is 11.7 Å². The molecule has 0 aliphatic rings. The second-order valence-corrected chi connectivity index (χ2v) is 3.53. The van der Waals surface area contributed by atoms with Crippen LogP contribution in [0.25, 0.3) is 0 Å². The molecule has 0 bridgehead atoms. The lowest BCUT2D eigenvalue weighted by Crippen LogP contribution is -2.16. The van der Waals surface area contributed by atoms with Gasteiger partial charge in [0.2, 0.25) is 0 Å². The van der Waals surface area contributed by atoms with E-state index >= 15 is 0 Å². The minimum atomic E-state index is -0.225. The van der Waals surface area contributed by atoms with Gasteiger partial charge in [-0.3, -0.25) is 4.79 Å². The number of nitrogens with one attached hydrogen (secondary N) is 1. The highest BCUT2D eigenvalue weighted by Gasteiger charge is 2.01. The second kappa shape index (κ2) is 5.39. The summed E-state index contributed by atoms with van der Waals surface area (Å²) in [4.78, 5) is 11.1. The highest BCUT2D eigenvalue weighted by molar-refractivity contribution is 5.75. The van der Waals surface area contributed by atoms with Crippen molar-refractivity contribution in [1.29, 1.82) is 0 Å². The number of esters is 1. The standard InChI is InChI=1S/C12H17NO2/c1-4-15-12(14)8-13-11-6-9(2)5-10(3)7-11/h5-7,13H,4,8H2,1-3H3. The van der Waals surface area contributed by atoms with Gasteiger partial charge in [0, 0.05) is 5.69 Å². The van der Waals surface area contributed by atoms with Crippen molar-refractivity contribution < 1.29 is 9.53 Å². The third-order valence-electron chi connectivity index (χ3n) is 1.96. The number of hydrogen-bond acceptors (Lipinski definition) is 3. The Morgan fingerprint density at radius 1 is 1.27 bits per heavy atom. The molecule has 0 fully saturated rings. The number of carbonyl (C=O) groups excluding carboxylic acids is 1. The summed E-state index contributed by atoms with van der Waals surface area (Å²) in [6.45, 7) is 6.50. The molecule has 0 atom stereocenters. The molecule has 1 aromatic rings. The van der Waals surface area contributed by atoms with Crippen LogP contribution in [0.1, 0.15) is 18.1 Å². The molecule has 0 spiro atoms. The van der Waals surface area contributed by atoms with E-state index in [4.69, 9.17) is 4.74 Å². The molecule has 1 aromatic carbocycles. The van der Waals surface area contributed by atoms with Crippen LogP contribution in [-0.2, 0) is 9.53 Å². The number of hydrogen-bond donors (Lipinski definition) is 1.